The molecule has 1 saturated heterocycles. The molecule has 0 saturated carbocycles. The molecule has 0 bridgehead atoms. The Morgan fingerprint density at radius 1 is 0.812 bits per heavy atom. The minimum atomic E-state index is -1.31. The van der Waals surface area contributed by atoms with E-state index in [0.717, 1.165) is 8.95 Å². The predicted molar refractivity (Wildman–Crippen MR) is 125 cm³/mol. The molecule has 2 atom stereocenters. The van der Waals surface area contributed by atoms with Crippen molar-refractivity contribution in [2.24, 2.45) is 5.92 Å². The standard InChI is InChI=1S/C24H15Br2NO5/c25-16-6-4-13(5-7-16)21(28)19-20(14-2-1-3-15(12-14)24(31)32)27(23(30)22(19)29)18-10-8-17(26)9-11-18/h1-12,19-20H,(H,31,32). The second-order valence-electron chi connectivity index (χ2n) is 7.24. The Morgan fingerprint density at radius 2 is 1.41 bits per heavy atom. The van der Waals surface area contributed by atoms with Gasteiger partial charge in [0.2, 0.25) is 5.78 Å². The zero-order valence-corrected chi connectivity index (χ0v) is 19.5. The number of benzene rings is 3. The minimum Gasteiger partial charge on any atom is -0.478 e. The summed E-state index contributed by atoms with van der Waals surface area (Å²) >= 11 is 6.66. The van der Waals surface area contributed by atoms with Gasteiger partial charge >= 0.3 is 5.97 Å². The zero-order valence-electron chi connectivity index (χ0n) is 16.4. The lowest BCUT2D eigenvalue weighted by molar-refractivity contribution is -0.135. The highest BCUT2D eigenvalue weighted by molar-refractivity contribution is 9.10. The monoisotopic (exact) mass is 555 g/mol. The fourth-order valence-corrected chi connectivity index (χ4v) is 4.33. The number of Topliss-reactive ketones (excluding diaryl/α,β-unsaturated/α-hetero) is 2. The van der Waals surface area contributed by atoms with Gasteiger partial charge in [-0.25, -0.2) is 4.79 Å². The van der Waals surface area contributed by atoms with E-state index >= 15 is 0 Å². The second-order valence-corrected chi connectivity index (χ2v) is 9.07. The average molecular weight is 557 g/mol. The first-order valence-corrected chi connectivity index (χ1v) is 11.1. The summed E-state index contributed by atoms with van der Waals surface area (Å²) in [5.74, 6) is -4.59. The summed E-state index contributed by atoms with van der Waals surface area (Å²) < 4.78 is 1.55. The predicted octanol–water partition coefficient (Wildman–Crippen LogP) is 5.07. The van der Waals surface area contributed by atoms with Crippen molar-refractivity contribution in [2.75, 3.05) is 4.90 Å². The molecule has 1 N–H and O–H groups in total. The van der Waals surface area contributed by atoms with Crippen LogP contribution >= 0.6 is 31.9 Å². The third-order valence-electron chi connectivity index (χ3n) is 5.30. The van der Waals surface area contributed by atoms with Gasteiger partial charge in [0.05, 0.1) is 11.6 Å². The van der Waals surface area contributed by atoms with E-state index < -0.39 is 35.4 Å². The molecule has 1 amide bonds. The largest absolute Gasteiger partial charge is 0.478 e. The molecule has 3 aromatic rings. The molecule has 4 rings (SSSR count). The van der Waals surface area contributed by atoms with Gasteiger partial charge < -0.3 is 5.11 Å². The van der Waals surface area contributed by atoms with Gasteiger partial charge in [0.25, 0.3) is 5.91 Å². The van der Waals surface area contributed by atoms with Gasteiger partial charge in [-0.3, -0.25) is 19.3 Å². The van der Waals surface area contributed by atoms with Crippen molar-refractivity contribution >= 4 is 61.0 Å². The number of amides is 1. The molecule has 8 heteroatoms. The third kappa shape index (κ3) is 4.03. The normalized spacial score (nSPS) is 18.1. The van der Waals surface area contributed by atoms with Gasteiger partial charge in [0, 0.05) is 20.2 Å². The number of rotatable bonds is 5. The Bertz CT molecular complexity index is 1240. The summed E-state index contributed by atoms with van der Waals surface area (Å²) in [6, 6.07) is 18.3. The molecule has 1 aliphatic heterocycles. The highest BCUT2D eigenvalue weighted by Gasteiger charge is 2.52. The first kappa shape index (κ1) is 22.1. The number of carboxylic acid groups (broad SMARTS) is 1. The molecule has 0 spiro atoms. The Hall–Kier alpha value is -3.10. The maximum Gasteiger partial charge on any atom is 0.335 e. The highest BCUT2D eigenvalue weighted by atomic mass is 79.9. The van der Waals surface area contributed by atoms with Crippen molar-refractivity contribution in [1.29, 1.82) is 0 Å². The second kappa shape index (κ2) is 8.80. The van der Waals surface area contributed by atoms with Gasteiger partial charge in [-0.05, 0) is 54.1 Å². The van der Waals surface area contributed by atoms with Crippen LogP contribution in [0, 0.1) is 5.92 Å². The number of carboxylic acids is 1. The lowest BCUT2D eigenvalue weighted by atomic mass is 9.86. The number of nitrogens with zero attached hydrogens (tertiary/aromatic N) is 1. The van der Waals surface area contributed by atoms with Crippen molar-refractivity contribution in [3.05, 3.63) is 98.4 Å². The molecule has 0 aromatic heterocycles. The molecule has 3 aromatic carbocycles. The van der Waals surface area contributed by atoms with Crippen LogP contribution < -0.4 is 4.90 Å². The van der Waals surface area contributed by atoms with E-state index in [1.807, 2.05) is 0 Å². The number of anilines is 1. The van der Waals surface area contributed by atoms with Crippen LogP contribution in [0.3, 0.4) is 0 Å². The van der Waals surface area contributed by atoms with E-state index in [0.29, 0.717) is 11.3 Å². The number of carbonyl (C=O) groups is 4. The molecule has 6 nitrogen and oxygen atoms in total. The van der Waals surface area contributed by atoms with Crippen LogP contribution in [0.15, 0.2) is 81.7 Å². The van der Waals surface area contributed by atoms with Crippen LogP contribution in [-0.2, 0) is 9.59 Å². The van der Waals surface area contributed by atoms with Crippen LogP contribution in [-0.4, -0.2) is 28.5 Å². The summed E-state index contributed by atoms with van der Waals surface area (Å²) in [5, 5.41) is 9.42. The maximum atomic E-state index is 13.4. The number of aromatic carboxylic acids is 1. The topological polar surface area (TPSA) is 91.7 Å². The van der Waals surface area contributed by atoms with Gasteiger partial charge in [-0.2, -0.15) is 0 Å². The van der Waals surface area contributed by atoms with Crippen LogP contribution in [0.4, 0.5) is 5.69 Å². The van der Waals surface area contributed by atoms with Crippen LogP contribution in [0.2, 0.25) is 0 Å². The van der Waals surface area contributed by atoms with Crippen molar-refractivity contribution in [2.45, 2.75) is 6.04 Å². The average Bonchev–Trinajstić information content (AvgIpc) is 3.05. The molecule has 1 heterocycles. The van der Waals surface area contributed by atoms with Crippen molar-refractivity contribution in [3.8, 4) is 0 Å². The van der Waals surface area contributed by atoms with E-state index in [2.05, 4.69) is 31.9 Å². The smallest absolute Gasteiger partial charge is 0.335 e. The Balaban J connectivity index is 1.88. The van der Waals surface area contributed by atoms with Gasteiger partial charge in [0.15, 0.2) is 5.78 Å². The van der Waals surface area contributed by atoms with Crippen LogP contribution in [0.5, 0.6) is 0 Å². The van der Waals surface area contributed by atoms with Gasteiger partial charge in [-0.1, -0.05) is 56.1 Å². The zero-order chi connectivity index (χ0) is 23.0. The fourth-order valence-electron chi connectivity index (χ4n) is 3.80. The van der Waals surface area contributed by atoms with E-state index in [4.69, 9.17) is 0 Å². The third-order valence-corrected chi connectivity index (χ3v) is 6.35. The van der Waals surface area contributed by atoms with Crippen molar-refractivity contribution < 1.29 is 24.3 Å². The lowest BCUT2D eigenvalue weighted by Crippen LogP contribution is -2.30. The summed E-state index contributed by atoms with van der Waals surface area (Å²) in [4.78, 5) is 52.4. The molecule has 0 aliphatic carbocycles. The summed E-state index contributed by atoms with van der Waals surface area (Å²) in [5.41, 5.74) is 1.11. The SMILES string of the molecule is O=C(O)c1cccc(C2C(C(=O)c3ccc(Br)cc3)C(=O)C(=O)N2c2ccc(Br)cc2)c1. The van der Waals surface area contributed by atoms with E-state index in [1.54, 1.807) is 54.6 Å². The van der Waals surface area contributed by atoms with Gasteiger partial charge in [-0.15, -0.1) is 0 Å². The van der Waals surface area contributed by atoms with E-state index in [1.165, 1.54) is 23.1 Å². The fraction of sp³-hybridized carbons (Fsp3) is 0.0833. The van der Waals surface area contributed by atoms with E-state index in [-0.39, 0.29) is 11.1 Å². The van der Waals surface area contributed by atoms with Gasteiger partial charge in [0.1, 0.15) is 5.92 Å². The number of hydrogen-bond donors (Lipinski definition) is 1. The number of halogens is 2. The minimum absolute atomic E-state index is 0.0000975. The summed E-state index contributed by atoms with van der Waals surface area (Å²) in [6.45, 7) is 0. The van der Waals surface area contributed by atoms with Crippen molar-refractivity contribution in [3.63, 3.8) is 0 Å². The molecule has 160 valence electrons. The molecule has 1 fully saturated rings. The number of hydrogen-bond acceptors (Lipinski definition) is 4. The first-order valence-electron chi connectivity index (χ1n) is 9.54. The molecular weight excluding hydrogens is 542 g/mol. The molecule has 2 unspecified atom stereocenters. The summed E-state index contributed by atoms with van der Waals surface area (Å²) in [6.07, 6.45) is 0. The Kier molecular flexibility index (Phi) is 6.08. The number of carbonyl (C=O) groups excluding carboxylic acids is 3. The quantitative estimate of drug-likeness (QED) is 0.269. The maximum absolute atomic E-state index is 13.4. The molecule has 32 heavy (non-hydrogen) atoms. The summed E-state index contributed by atoms with van der Waals surface area (Å²) in [7, 11) is 0. The highest BCUT2D eigenvalue weighted by Crippen LogP contribution is 2.41. The van der Waals surface area contributed by atoms with Crippen molar-refractivity contribution in [1.82, 2.24) is 0 Å². The molecular formula is C24H15Br2NO5. The van der Waals surface area contributed by atoms with Crippen LogP contribution in [0.1, 0.15) is 32.3 Å². The van der Waals surface area contributed by atoms with E-state index in [9.17, 15) is 24.3 Å². The first-order chi connectivity index (χ1) is 15.3. The Labute approximate surface area is 200 Å². The Morgan fingerprint density at radius 3 is 2.00 bits per heavy atom. The molecule has 1 aliphatic rings. The number of ketones is 2. The lowest BCUT2D eigenvalue weighted by Gasteiger charge is -2.27. The molecule has 0 radical (unpaired) electrons. The van der Waals surface area contributed by atoms with Crippen LogP contribution in [0.25, 0.3) is 0 Å².